The molecule has 0 bridgehead atoms. The van der Waals surface area contributed by atoms with E-state index >= 15 is 0 Å². The molecule has 54 heavy (non-hydrogen) atoms. The molecule has 0 saturated heterocycles. The van der Waals surface area contributed by atoms with E-state index in [1.165, 1.54) is 121 Å². The SMILES string of the molecule is c1ccc(-c2cc3c(-c4cccc5ccccc45)c4c(c(-c5cccc6ccccc56)c3cc2-c2ccccc2)-c2ccc3c5c(ccc-4c25)CC3)cc1. The molecule has 0 nitrogen and oxygen atoms in total. The fourth-order valence-corrected chi connectivity index (χ4v) is 9.98. The summed E-state index contributed by atoms with van der Waals surface area (Å²) in [6, 6.07) is 68.3. The largest absolute Gasteiger partial charge is 0.0622 e. The van der Waals surface area contributed by atoms with E-state index in [9.17, 15) is 0 Å². The first kappa shape index (κ1) is 29.8. The van der Waals surface area contributed by atoms with Crippen molar-refractivity contribution in [1.29, 1.82) is 0 Å². The summed E-state index contributed by atoms with van der Waals surface area (Å²) < 4.78 is 0. The van der Waals surface area contributed by atoms with Gasteiger partial charge in [-0.3, -0.25) is 0 Å². The van der Waals surface area contributed by atoms with Gasteiger partial charge in [-0.05, 0) is 146 Å². The van der Waals surface area contributed by atoms with Crippen molar-refractivity contribution in [3.05, 3.63) is 193 Å². The van der Waals surface area contributed by atoms with Crippen LogP contribution in [0.2, 0.25) is 0 Å². The van der Waals surface area contributed by atoms with Crippen LogP contribution in [0.25, 0.3) is 110 Å². The van der Waals surface area contributed by atoms with Gasteiger partial charge in [0.05, 0.1) is 0 Å². The average Bonchev–Trinajstić information content (AvgIpc) is 3.81. The first-order chi connectivity index (χ1) is 26.8. The summed E-state index contributed by atoms with van der Waals surface area (Å²) in [5.74, 6) is 0. The van der Waals surface area contributed by atoms with Crippen LogP contribution in [0.4, 0.5) is 0 Å². The lowest BCUT2D eigenvalue weighted by Gasteiger charge is -2.24. The summed E-state index contributed by atoms with van der Waals surface area (Å²) in [6.45, 7) is 0. The Balaban J connectivity index is 1.36. The Bertz CT molecular complexity index is 2960. The monoisotopic (exact) mass is 682 g/mol. The molecule has 12 rings (SSSR count). The molecular formula is C54H34. The second-order valence-corrected chi connectivity index (χ2v) is 15.0. The third kappa shape index (κ3) is 4.14. The minimum atomic E-state index is 1.11. The Morgan fingerprint density at radius 1 is 0.259 bits per heavy atom. The van der Waals surface area contributed by atoms with Crippen LogP contribution in [0, 0.1) is 0 Å². The number of hydrogen-bond donors (Lipinski definition) is 0. The third-order valence-electron chi connectivity index (χ3n) is 12.3. The Hall–Kier alpha value is -6.76. The molecule has 10 aromatic rings. The summed E-state index contributed by atoms with van der Waals surface area (Å²) in [4.78, 5) is 0. The fraction of sp³-hybridized carbons (Fsp3) is 0.0370. The van der Waals surface area contributed by atoms with Crippen LogP contribution in [0.1, 0.15) is 11.1 Å². The van der Waals surface area contributed by atoms with Gasteiger partial charge in [0.25, 0.3) is 0 Å². The molecule has 0 aliphatic heterocycles. The van der Waals surface area contributed by atoms with Gasteiger partial charge in [-0.2, -0.15) is 0 Å². The van der Waals surface area contributed by atoms with Gasteiger partial charge in [0, 0.05) is 0 Å². The highest BCUT2D eigenvalue weighted by Gasteiger charge is 2.34. The van der Waals surface area contributed by atoms with Gasteiger partial charge in [0.2, 0.25) is 0 Å². The molecule has 0 spiro atoms. The van der Waals surface area contributed by atoms with E-state index in [4.69, 9.17) is 0 Å². The second-order valence-electron chi connectivity index (χ2n) is 15.0. The van der Waals surface area contributed by atoms with E-state index in [0.29, 0.717) is 0 Å². The van der Waals surface area contributed by atoms with Gasteiger partial charge < -0.3 is 0 Å². The number of aryl methyl sites for hydroxylation is 2. The predicted molar refractivity (Wildman–Crippen MR) is 230 cm³/mol. The minimum Gasteiger partial charge on any atom is -0.0622 e. The lowest BCUT2D eigenvalue weighted by Crippen LogP contribution is -1.97. The van der Waals surface area contributed by atoms with E-state index in [-0.39, 0.29) is 0 Å². The Kier molecular flexibility index (Phi) is 6.27. The summed E-state index contributed by atoms with van der Waals surface area (Å²) in [5, 5.41) is 10.6. The van der Waals surface area contributed by atoms with Crippen molar-refractivity contribution in [3.8, 4) is 66.8 Å². The highest BCUT2D eigenvalue weighted by molar-refractivity contribution is 6.31. The maximum atomic E-state index is 2.52. The molecule has 0 aromatic heterocycles. The van der Waals surface area contributed by atoms with E-state index in [1.807, 2.05) is 0 Å². The second kappa shape index (κ2) is 11.4. The van der Waals surface area contributed by atoms with Gasteiger partial charge >= 0.3 is 0 Å². The number of hydrogen-bond acceptors (Lipinski definition) is 0. The van der Waals surface area contributed by atoms with Crippen molar-refractivity contribution >= 4 is 43.1 Å². The number of benzene rings is 10. The van der Waals surface area contributed by atoms with Crippen LogP contribution in [-0.4, -0.2) is 0 Å². The summed E-state index contributed by atoms with van der Waals surface area (Å²) in [6.07, 6.45) is 2.22. The van der Waals surface area contributed by atoms with Crippen LogP contribution in [0.15, 0.2) is 182 Å². The Morgan fingerprint density at radius 2 is 0.685 bits per heavy atom. The Labute approximate surface area is 314 Å². The standard InChI is InChI=1S/C54H34/c1-3-13-35(14-4-1)45-31-47-48(32-46(45)36-15-5-2-6-16-36)51(42-24-12-20-34-18-8-10-22-40(34)42)54-44-30-28-38-26-25-37-27-29-43(52(44)49(37)38)53(54)50(47)41-23-11-19-33-17-7-9-21-39(33)41/h1-24,27-32H,25-26H2. The first-order valence-electron chi connectivity index (χ1n) is 19.1. The van der Waals surface area contributed by atoms with Crippen molar-refractivity contribution < 1.29 is 0 Å². The zero-order chi connectivity index (χ0) is 35.3. The Morgan fingerprint density at radius 3 is 1.17 bits per heavy atom. The molecule has 0 N–H and O–H groups in total. The van der Waals surface area contributed by atoms with E-state index in [0.717, 1.165) is 12.8 Å². The van der Waals surface area contributed by atoms with Gasteiger partial charge in [-0.1, -0.05) is 170 Å². The molecule has 0 radical (unpaired) electrons. The van der Waals surface area contributed by atoms with Crippen LogP contribution in [0.3, 0.4) is 0 Å². The van der Waals surface area contributed by atoms with Crippen molar-refractivity contribution in [2.45, 2.75) is 12.8 Å². The molecule has 0 heterocycles. The molecular weight excluding hydrogens is 649 g/mol. The van der Waals surface area contributed by atoms with Crippen LogP contribution < -0.4 is 0 Å². The maximum absolute atomic E-state index is 2.52. The fourth-order valence-electron chi connectivity index (χ4n) is 9.98. The van der Waals surface area contributed by atoms with Crippen molar-refractivity contribution in [3.63, 3.8) is 0 Å². The van der Waals surface area contributed by atoms with Crippen molar-refractivity contribution in [2.24, 2.45) is 0 Å². The minimum absolute atomic E-state index is 1.11. The van der Waals surface area contributed by atoms with Gasteiger partial charge in [0.15, 0.2) is 0 Å². The molecule has 0 fully saturated rings. The molecule has 10 aromatic carbocycles. The molecule has 0 amide bonds. The van der Waals surface area contributed by atoms with E-state index < -0.39 is 0 Å². The lowest BCUT2D eigenvalue weighted by atomic mass is 9.78. The molecule has 2 aliphatic carbocycles. The molecule has 0 heteroatoms. The normalized spacial score (nSPS) is 12.7. The maximum Gasteiger partial charge on any atom is -0.000718 e. The van der Waals surface area contributed by atoms with Gasteiger partial charge in [-0.15, -0.1) is 0 Å². The molecule has 250 valence electrons. The molecule has 0 saturated carbocycles. The van der Waals surface area contributed by atoms with Crippen LogP contribution in [0.5, 0.6) is 0 Å². The van der Waals surface area contributed by atoms with E-state index in [1.54, 1.807) is 0 Å². The smallest absolute Gasteiger partial charge is 0.000718 e. The first-order valence-corrected chi connectivity index (χ1v) is 19.1. The molecule has 0 unspecified atom stereocenters. The average molecular weight is 683 g/mol. The zero-order valence-electron chi connectivity index (χ0n) is 29.7. The predicted octanol–water partition coefficient (Wildman–Crippen LogP) is 14.7. The highest BCUT2D eigenvalue weighted by Crippen LogP contribution is 2.60. The summed E-state index contributed by atoms with van der Waals surface area (Å²) in [5.41, 5.74) is 18.6. The number of fused-ring (bicyclic) bond motifs is 6. The molecule has 2 aliphatic rings. The topological polar surface area (TPSA) is 0 Å². The molecule has 0 atom stereocenters. The summed E-state index contributed by atoms with van der Waals surface area (Å²) in [7, 11) is 0. The van der Waals surface area contributed by atoms with Crippen LogP contribution in [-0.2, 0) is 12.8 Å². The lowest BCUT2D eigenvalue weighted by molar-refractivity contribution is 1.02. The van der Waals surface area contributed by atoms with Gasteiger partial charge in [0.1, 0.15) is 0 Å². The number of rotatable bonds is 4. The highest BCUT2D eigenvalue weighted by atomic mass is 14.4. The van der Waals surface area contributed by atoms with Crippen molar-refractivity contribution in [1.82, 2.24) is 0 Å². The van der Waals surface area contributed by atoms with Gasteiger partial charge in [-0.25, -0.2) is 0 Å². The third-order valence-corrected chi connectivity index (χ3v) is 12.3. The van der Waals surface area contributed by atoms with Crippen molar-refractivity contribution in [2.75, 3.05) is 0 Å². The van der Waals surface area contributed by atoms with Crippen LogP contribution >= 0.6 is 0 Å². The quantitative estimate of drug-likeness (QED) is 0.173. The van der Waals surface area contributed by atoms with E-state index in [2.05, 4.69) is 182 Å². The zero-order valence-corrected chi connectivity index (χ0v) is 29.7. The summed E-state index contributed by atoms with van der Waals surface area (Å²) >= 11 is 0.